The van der Waals surface area contributed by atoms with Crippen LogP contribution in [0, 0.1) is 0 Å². The average Bonchev–Trinajstić information content (AvgIpc) is 2.69. The predicted octanol–water partition coefficient (Wildman–Crippen LogP) is 5.89. The van der Waals surface area contributed by atoms with Crippen LogP contribution >= 0.6 is 0 Å². The van der Waals surface area contributed by atoms with E-state index in [0.29, 0.717) is 12.1 Å². The summed E-state index contributed by atoms with van der Waals surface area (Å²) in [4.78, 5) is 0. The van der Waals surface area contributed by atoms with Crippen molar-refractivity contribution in [3.05, 3.63) is 71.3 Å². The molecule has 1 unspecified atom stereocenters. The van der Waals surface area contributed by atoms with Gasteiger partial charge in [-0.15, -0.1) is 0 Å². The molecule has 2 N–H and O–H groups in total. The first-order chi connectivity index (χ1) is 13.5. The summed E-state index contributed by atoms with van der Waals surface area (Å²) in [5, 5.41) is 21.9. The van der Waals surface area contributed by atoms with Crippen molar-refractivity contribution in [3.63, 3.8) is 0 Å². The molecule has 0 spiro atoms. The molecule has 1 aliphatic rings. The Hall–Kier alpha value is -2.30. The van der Waals surface area contributed by atoms with E-state index >= 15 is 0 Å². The highest BCUT2D eigenvalue weighted by atomic mass is 16.5. The monoisotopic (exact) mass is 376 g/mol. The normalized spacial score (nSPS) is 17.7. The van der Waals surface area contributed by atoms with Crippen LogP contribution in [0.1, 0.15) is 45.1 Å². The number of benzene rings is 2. The van der Waals surface area contributed by atoms with Crippen molar-refractivity contribution in [2.24, 2.45) is 0 Å². The Bertz CT molecular complexity index is 913. The maximum atomic E-state index is 10.1. The third-order valence-corrected chi connectivity index (χ3v) is 5.31. The van der Waals surface area contributed by atoms with Crippen LogP contribution < -0.4 is 0 Å². The van der Waals surface area contributed by atoms with Gasteiger partial charge in [-0.05, 0) is 54.3 Å². The van der Waals surface area contributed by atoms with Crippen molar-refractivity contribution >= 4 is 24.0 Å². The summed E-state index contributed by atoms with van der Waals surface area (Å²) in [5.41, 5.74) is 4.60. The van der Waals surface area contributed by atoms with Crippen LogP contribution in [-0.2, 0) is 4.65 Å². The Morgan fingerprint density at radius 2 is 1.96 bits per heavy atom. The summed E-state index contributed by atoms with van der Waals surface area (Å²) < 4.78 is 5.82. The number of hydrogen-bond acceptors (Lipinski definition) is 3. The number of phenols is 1. The zero-order chi connectivity index (χ0) is 20.1. The fraction of sp³-hybridized carbons (Fsp3) is 0.333. The van der Waals surface area contributed by atoms with Gasteiger partial charge in [0.25, 0.3) is 0 Å². The average molecular weight is 376 g/mol. The van der Waals surface area contributed by atoms with Gasteiger partial charge in [0.15, 0.2) is 0 Å². The second kappa shape index (κ2) is 9.27. The van der Waals surface area contributed by atoms with Gasteiger partial charge < -0.3 is 14.8 Å². The van der Waals surface area contributed by atoms with Crippen molar-refractivity contribution in [2.45, 2.75) is 52.0 Å². The summed E-state index contributed by atoms with van der Waals surface area (Å²) in [6.45, 7) is 8.48. The van der Waals surface area contributed by atoms with Gasteiger partial charge in [0.05, 0.1) is 6.10 Å². The van der Waals surface area contributed by atoms with Crippen LogP contribution in [0.15, 0.2) is 65.8 Å². The van der Waals surface area contributed by atoms with Gasteiger partial charge in [-0.3, -0.25) is 0 Å². The Balaban J connectivity index is 1.75. The first-order valence-electron chi connectivity index (χ1n) is 10.1. The summed E-state index contributed by atoms with van der Waals surface area (Å²) >= 11 is 0. The van der Waals surface area contributed by atoms with Crippen molar-refractivity contribution in [2.75, 3.05) is 0 Å². The lowest BCUT2D eigenvalue weighted by Gasteiger charge is -2.28. The lowest BCUT2D eigenvalue weighted by Crippen LogP contribution is -2.31. The standard InChI is InChI=1S/C24H29BO3/c1-4-7-18(3)20-14-15-25(27)28-24(20)13-10-17(2)16-19-11-12-23(26)22-9-6-5-8-21(19)22/h5-6,8-9,11-12,14,16,24,26-27H,3-4,7,10,13,15H2,1-2H3/b17-16+. The second-order valence-corrected chi connectivity index (χ2v) is 7.58. The summed E-state index contributed by atoms with van der Waals surface area (Å²) in [7, 11) is -0.728. The molecular weight excluding hydrogens is 347 g/mol. The summed E-state index contributed by atoms with van der Waals surface area (Å²) in [6, 6.07) is 11.6. The first kappa shape index (κ1) is 20.4. The highest BCUT2D eigenvalue weighted by Crippen LogP contribution is 2.31. The minimum atomic E-state index is -0.728. The van der Waals surface area contributed by atoms with Crippen LogP contribution in [0.25, 0.3) is 16.8 Å². The molecule has 1 atom stereocenters. The van der Waals surface area contributed by atoms with Gasteiger partial charge in [0.1, 0.15) is 5.75 Å². The maximum Gasteiger partial charge on any atom is 0.458 e. The number of fused-ring (bicyclic) bond motifs is 1. The highest BCUT2D eigenvalue weighted by Gasteiger charge is 2.27. The molecule has 4 heteroatoms. The van der Waals surface area contributed by atoms with Crippen molar-refractivity contribution in [1.82, 2.24) is 0 Å². The van der Waals surface area contributed by atoms with Crippen molar-refractivity contribution in [3.8, 4) is 5.75 Å². The molecule has 28 heavy (non-hydrogen) atoms. The smallest absolute Gasteiger partial charge is 0.458 e. The van der Waals surface area contributed by atoms with Gasteiger partial charge in [-0.25, -0.2) is 0 Å². The molecule has 0 aliphatic carbocycles. The topological polar surface area (TPSA) is 49.7 Å². The highest BCUT2D eigenvalue weighted by molar-refractivity contribution is 6.43. The zero-order valence-corrected chi connectivity index (χ0v) is 16.8. The minimum Gasteiger partial charge on any atom is -0.507 e. The van der Waals surface area contributed by atoms with Crippen LogP contribution in [0.3, 0.4) is 0 Å². The molecule has 146 valence electrons. The molecule has 1 heterocycles. The predicted molar refractivity (Wildman–Crippen MR) is 118 cm³/mol. The Morgan fingerprint density at radius 3 is 2.71 bits per heavy atom. The van der Waals surface area contributed by atoms with Crippen molar-refractivity contribution < 1.29 is 14.8 Å². The number of rotatable bonds is 7. The molecular formula is C24H29BO3. The van der Waals surface area contributed by atoms with E-state index in [1.807, 2.05) is 30.3 Å². The van der Waals surface area contributed by atoms with Crippen LogP contribution in [0.2, 0.25) is 6.32 Å². The largest absolute Gasteiger partial charge is 0.507 e. The molecule has 3 nitrogen and oxygen atoms in total. The molecule has 1 aliphatic heterocycles. The van der Waals surface area contributed by atoms with Crippen LogP contribution in [0.4, 0.5) is 0 Å². The molecule has 0 aromatic heterocycles. The van der Waals surface area contributed by atoms with Crippen LogP contribution in [-0.4, -0.2) is 23.4 Å². The first-order valence-corrected chi connectivity index (χ1v) is 10.1. The second-order valence-electron chi connectivity index (χ2n) is 7.58. The maximum absolute atomic E-state index is 10.1. The van der Waals surface area contributed by atoms with E-state index < -0.39 is 7.12 Å². The lowest BCUT2D eigenvalue weighted by atomic mass is 9.77. The molecule has 2 aromatic rings. The van der Waals surface area contributed by atoms with E-state index in [9.17, 15) is 10.1 Å². The van der Waals surface area contributed by atoms with Crippen LogP contribution in [0.5, 0.6) is 5.75 Å². The molecule has 3 rings (SSSR count). The quantitative estimate of drug-likeness (QED) is 0.593. The third-order valence-electron chi connectivity index (χ3n) is 5.31. The van der Waals surface area contributed by atoms with Gasteiger partial charge in [0.2, 0.25) is 0 Å². The van der Waals surface area contributed by atoms with Gasteiger partial charge in [-0.2, -0.15) is 0 Å². The van der Waals surface area contributed by atoms with Gasteiger partial charge in [0, 0.05) is 11.7 Å². The van der Waals surface area contributed by atoms with E-state index in [-0.39, 0.29) is 6.10 Å². The number of allylic oxidation sites excluding steroid dienone is 2. The minimum absolute atomic E-state index is 0.109. The number of hydrogen-bond donors (Lipinski definition) is 2. The van der Waals surface area contributed by atoms with Gasteiger partial charge >= 0.3 is 7.12 Å². The number of phenolic OH excluding ortho intramolecular Hbond substituents is 1. The zero-order valence-electron chi connectivity index (χ0n) is 16.8. The van der Waals surface area contributed by atoms with E-state index in [4.69, 9.17) is 4.65 Å². The molecule has 0 saturated heterocycles. The fourth-order valence-electron chi connectivity index (χ4n) is 3.85. The van der Waals surface area contributed by atoms with E-state index in [1.54, 1.807) is 6.07 Å². The fourth-order valence-corrected chi connectivity index (χ4v) is 3.85. The van der Waals surface area contributed by atoms with Crippen molar-refractivity contribution in [1.29, 1.82) is 0 Å². The van der Waals surface area contributed by atoms with Gasteiger partial charge in [-0.1, -0.05) is 68.0 Å². The van der Waals surface area contributed by atoms with E-state index in [0.717, 1.165) is 53.2 Å². The third kappa shape index (κ3) is 4.75. The number of aromatic hydroxyl groups is 1. The SMILES string of the molecule is C=C(CCC)C1=CCB(O)OC1CC/C(C)=C/c1ccc(O)c2ccccc12. The summed E-state index contributed by atoms with van der Waals surface area (Å²) in [5.74, 6) is 0.305. The molecule has 2 aromatic carbocycles. The molecule has 0 amide bonds. The molecule has 0 radical (unpaired) electrons. The Labute approximate surface area is 168 Å². The Kier molecular flexibility index (Phi) is 6.76. The molecule has 0 fully saturated rings. The molecule has 0 saturated carbocycles. The summed E-state index contributed by atoms with van der Waals surface area (Å²) in [6.07, 6.45) is 8.36. The molecule has 0 bridgehead atoms. The van der Waals surface area contributed by atoms with E-state index in [2.05, 4.69) is 32.6 Å². The van der Waals surface area contributed by atoms with E-state index in [1.165, 1.54) is 5.57 Å². The lowest BCUT2D eigenvalue weighted by molar-refractivity contribution is 0.183. The Morgan fingerprint density at radius 1 is 1.21 bits per heavy atom.